The van der Waals surface area contributed by atoms with Crippen LogP contribution in [0, 0.1) is 0 Å². The van der Waals surface area contributed by atoms with Gasteiger partial charge in [-0.15, -0.1) is 10.2 Å². The number of halogens is 3. The average molecular weight is 373 g/mol. The van der Waals surface area contributed by atoms with E-state index in [1.54, 1.807) is 12.1 Å². The first-order chi connectivity index (χ1) is 11.7. The van der Waals surface area contributed by atoms with Crippen molar-refractivity contribution in [1.29, 1.82) is 0 Å². The summed E-state index contributed by atoms with van der Waals surface area (Å²) in [4.78, 5) is 11.9. The summed E-state index contributed by atoms with van der Waals surface area (Å²) in [5, 5.41) is 8.83. The van der Waals surface area contributed by atoms with Crippen LogP contribution in [0.5, 0.6) is 0 Å². The van der Waals surface area contributed by atoms with E-state index in [0.717, 1.165) is 18.2 Å². The standard InChI is InChI=1S/C15H18F3N5OS/c1-3-9(2)10-4-6-11(7-5-10)20-12(24)8-25-14-22-21-13(23(14)19)15(16,17)18/h4-7,9H,3,8,19H2,1-2H3,(H,20,24). The first-order valence-corrected chi connectivity index (χ1v) is 8.51. The third-order valence-corrected chi connectivity index (χ3v) is 4.57. The first kappa shape index (κ1) is 19.1. The number of hydrogen-bond donors (Lipinski definition) is 2. The van der Waals surface area contributed by atoms with Gasteiger partial charge in [0.2, 0.25) is 11.1 Å². The van der Waals surface area contributed by atoms with E-state index in [9.17, 15) is 18.0 Å². The Morgan fingerprint density at radius 3 is 2.48 bits per heavy atom. The molecule has 0 bridgehead atoms. The molecule has 0 fully saturated rings. The van der Waals surface area contributed by atoms with Gasteiger partial charge in [-0.2, -0.15) is 13.2 Å². The number of carbonyl (C=O) groups excluding carboxylic acids is 1. The number of amides is 1. The molecule has 1 aromatic carbocycles. The van der Waals surface area contributed by atoms with Gasteiger partial charge in [0.25, 0.3) is 5.82 Å². The zero-order valence-electron chi connectivity index (χ0n) is 13.7. The molecule has 3 N–H and O–H groups in total. The topological polar surface area (TPSA) is 85.8 Å². The molecule has 0 saturated heterocycles. The molecule has 0 spiro atoms. The van der Waals surface area contributed by atoms with Crippen LogP contribution in [0.2, 0.25) is 0 Å². The molecule has 2 aromatic rings. The number of alkyl halides is 3. The Bertz CT molecular complexity index is 730. The molecule has 136 valence electrons. The molecule has 1 atom stereocenters. The highest BCUT2D eigenvalue weighted by Crippen LogP contribution is 2.29. The Labute approximate surface area is 147 Å². The molecule has 0 aliphatic heterocycles. The van der Waals surface area contributed by atoms with Crippen molar-refractivity contribution in [3.8, 4) is 0 Å². The van der Waals surface area contributed by atoms with Crippen molar-refractivity contribution in [3.63, 3.8) is 0 Å². The van der Waals surface area contributed by atoms with E-state index in [2.05, 4.69) is 29.4 Å². The summed E-state index contributed by atoms with van der Waals surface area (Å²) in [5.74, 6) is 3.91. The van der Waals surface area contributed by atoms with Crippen LogP contribution in [-0.4, -0.2) is 26.5 Å². The van der Waals surface area contributed by atoms with E-state index in [-0.39, 0.29) is 16.8 Å². The lowest BCUT2D eigenvalue weighted by molar-refractivity contribution is -0.146. The van der Waals surface area contributed by atoms with Gasteiger partial charge in [-0.25, -0.2) is 4.68 Å². The molecule has 1 unspecified atom stereocenters. The molecule has 0 aliphatic carbocycles. The number of nitrogens with one attached hydrogen (secondary N) is 1. The van der Waals surface area contributed by atoms with Crippen molar-refractivity contribution < 1.29 is 18.0 Å². The van der Waals surface area contributed by atoms with Crippen LogP contribution in [-0.2, 0) is 11.0 Å². The summed E-state index contributed by atoms with van der Waals surface area (Å²) in [6.07, 6.45) is -3.68. The molecule has 0 saturated carbocycles. The predicted octanol–water partition coefficient (Wildman–Crippen LogP) is 3.26. The van der Waals surface area contributed by atoms with Gasteiger partial charge in [0.1, 0.15) is 0 Å². The van der Waals surface area contributed by atoms with Gasteiger partial charge < -0.3 is 11.2 Å². The molecule has 1 amide bonds. The smallest absolute Gasteiger partial charge is 0.335 e. The lowest BCUT2D eigenvalue weighted by Gasteiger charge is -2.10. The Balaban J connectivity index is 1.92. The third-order valence-electron chi connectivity index (χ3n) is 3.63. The number of thioether (sulfide) groups is 1. The Morgan fingerprint density at radius 2 is 1.96 bits per heavy atom. The van der Waals surface area contributed by atoms with E-state index in [1.165, 1.54) is 5.56 Å². The Hall–Kier alpha value is -2.23. The number of nitrogens with zero attached hydrogens (tertiary/aromatic N) is 3. The van der Waals surface area contributed by atoms with Crippen molar-refractivity contribution in [2.45, 2.75) is 37.5 Å². The average Bonchev–Trinajstić information content (AvgIpc) is 2.94. The predicted molar refractivity (Wildman–Crippen MR) is 89.7 cm³/mol. The fourth-order valence-corrected chi connectivity index (χ4v) is 2.68. The monoisotopic (exact) mass is 373 g/mol. The van der Waals surface area contributed by atoms with Crippen molar-refractivity contribution in [2.24, 2.45) is 0 Å². The summed E-state index contributed by atoms with van der Waals surface area (Å²) in [5.41, 5.74) is 1.79. The van der Waals surface area contributed by atoms with Crippen molar-refractivity contribution in [1.82, 2.24) is 14.9 Å². The van der Waals surface area contributed by atoms with Gasteiger partial charge in [0.05, 0.1) is 5.75 Å². The number of aromatic nitrogens is 3. The molecule has 25 heavy (non-hydrogen) atoms. The van der Waals surface area contributed by atoms with Crippen LogP contribution in [0.1, 0.15) is 37.6 Å². The highest BCUT2D eigenvalue weighted by Gasteiger charge is 2.38. The maximum atomic E-state index is 12.6. The van der Waals surface area contributed by atoms with Crippen molar-refractivity contribution >= 4 is 23.4 Å². The molecule has 1 heterocycles. The number of nitrogen functional groups attached to an aromatic ring is 1. The van der Waals surface area contributed by atoms with Crippen LogP contribution in [0.25, 0.3) is 0 Å². The molecule has 10 heteroatoms. The first-order valence-electron chi connectivity index (χ1n) is 7.52. The van der Waals surface area contributed by atoms with Crippen LogP contribution in [0.4, 0.5) is 18.9 Å². The second-order valence-corrected chi connectivity index (χ2v) is 6.38. The summed E-state index contributed by atoms with van der Waals surface area (Å²) in [7, 11) is 0. The minimum absolute atomic E-state index is 0.139. The van der Waals surface area contributed by atoms with Crippen LogP contribution >= 0.6 is 11.8 Å². The minimum atomic E-state index is -4.69. The second kappa shape index (κ2) is 7.77. The van der Waals surface area contributed by atoms with Gasteiger partial charge >= 0.3 is 6.18 Å². The number of anilines is 1. The van der Waals surface area contributed by atoms with Crippen LogP contribution in [0.15, 0.2) is 29.4 Å². The maximum Gasteiger partial charge on any atom is 0.453 e. The Kier molecular flexibility index (Phi) is 5.93. The number of hydrogen-bond acceptors (Lipinski definition) is 5. The van der Waals surface area contributed by atoms with E-state index < -0.39 is 12.0 Å². The number of rotatable bonds is 6. The molecular formula is C15H18F3N5OS. The molecule has 0 radical (unpaired) electrons. The lowest BCUT2D eigenvalue weighted by atomic mass is 9.99. The SMILES string of the molecule is CCC(C)c1ccc(NC(=O)CSc2nnc(C(F)(F)F)n2N)cc1. The number of nitrogens with two attached hydrogens (primary N) is 1. The van der Waals surface area contributed by atoms with Crippen molar-refractivity contribution in [2.75, 3.05) is 16.9 Å². The Morgan fingerprint density at radius 1 is 1.32 bits per heavy atom. The number of benzene rings is 1. The highest BCUT2D eigenvalue weighted by molar-refractivity contribution is 7.99. The lowest BCUT2D eigenvalue weighted by Crippen LogP contribution is -2.22. The second-order valence-electron chi connectivity index (χ2n) is 5.44. The number of carbonyl (C=O) groups is 1. The largest absolute Gasteiger partial charge is 0.453 e. The highest BCUT2D eigenvalue weighted by atomic mass is 32.2. The van der Waals surface area contributed by atoms with Gasteiger partial charge in [0, 0.05) is 5.69 Å². The summed E-state index contributed by atoms with van der Waals surface area (Å²) in [6.45, 7) is 4.21. The summed E-state index contributed by atoms with van der Waals surface area (Å²) < 4.78 is 38.0. The van der Waals surface area contributed by atoms with Crippen molar-refractivity contribution in [3.05, 3.63) is 35.7 Å². The fourth-order valence-electron chi connectivity index (χ4n) is 2.03. The van der Waals surface area contributed by atoms with E-state index >= 15 is 0 Å². The van der Waals surface area contributed by atoms with Gasteiger partial charge in [0.15, 0.2) is 0 Å². The van der Waals surface area contributed by atoms with Gasteiger partial charge in [-0.3, -0.25) is 4.79 Å². The molecule has 1 aromatic heterocycles. The molecule has 0 aliphatic rings. The summed E-state index contributed by atoms with van der Waals surface area (Å²) >= 11 is 0.775. The van der Waals surface area contributed by atoms with E-state index in [0.29, 0.717) is 16.3 Å². The zero-order valence-corrected chi connectivity index (χ0v) is 14.5. The molecule has 2 rings (SSSR count). The molecular weight excluding hydrogens is 355 g/mol. The fraction of sp³-hybridized carbons (Fsp3) is 0.400. The van der Waals surface area contributed by atoms with E-state index in [4.69, 9.17) is 5.84 Å². The molecule has 6 nitrogen and oxygen atoms in total. The van der Waals surface area contributed by atoms with E-state index in [1.807, 2.05) is 12.1 Å². The normalized spacial score (nSPS) is 12.8. The maximum absolute atomic E-state index is 12.6. The quantitative estimate of drug-likeness (QED) is 0.600. The van der Waals surface area contributed by atoms with Gasteiger partial charge in [-0.05, 0) is 30.0 Å². The minimum Gasteiger partial charge on any atom is -0.335 e. The summed E-state index contributed by atoms with van der Waals surface area (Å²) in [6, 6.07) is 7.45. The van der Waals surface area contributed by atoms with Crippen LogP contribution < -0.4 is 11.2 Å². The zero-order chi connectivity index (χ0) is 18.6. The van der Waals surface area contributed by atoms with Crippen LogP contribution in [0.3, 0.4) is 0 Å². The third kappa shape index (κ3) is 4.88. The van der Waals surface area contributed by atoms with Gasteiger partial charge in [-0.1, -0.05) is 37.7 Å².